The van der Waals surface area contributed by atoms with Crippen molar-refractivity contribution in [1.29, 1.82) is 0 Å². The van der Waals surface area contributed by atoms with Gasteiger partial charge in [-0.2, -0.15) is 8.42 Å². The summed E-state index contributed by atoms with van der Waals surface area (Å²) in [6.07, 6.45) is 9.16. The quantitative estimate of drug-likeness (QED) is 0.0898. The van der Waals surface area contributed by atoms with E-state index in [2.05, 4.69) is 32.9 Å². The Morgan fingerprint density at radius 1 is 0.500 bits per heavy atom. The highest BCUT2D eigenvalue weighted by Gasteiger charge is 2.37. The molecule has 0 atom stereocenters. The molecule has 0 rings (SSSR count). The van der Waals surface area contributed by atoms with Crippen molar-refractivity contribution < 1.29 is 41.0 Å². The van der Waals surface area contributed by atoms with Crippen molar-refractivity contribution >= 4 is 10.1 Å². The van der Waals surface area contributed by atoms with Crippen molar-refractivity contribution in [3.05, 3.63) is 63.3 Å². The van der Waals surface area contributed by atoms with E-state index < -0.39 is 20.9 Å². The maximum atomic E-state index is 11.8. The topological polar surface area (TPSA) is 98.8 Å². The molecule has 0 bridgehead atoms. The molecule has 0 amide bonds. The van der Waals surface area contributed by atoms with Crippen molar-refractivity contribution in [1.82, 2.24) is 0 Å². The van der Waals surface area contributed by atoms with E-state index >= 15 is 0 Å². The molecule has 0 aliphatic carbocycles. The lowest BCUT2D eigenvalue weighted by Gasteiger charge is -2.36. The minimum atomic E-state index is -3.71. The Bertz CT molecular complexity index is 684. The second-order valence-electron chi connectivity index (χ2n) is 8.48. The van der Waals surface area contributed by atoms with Crippen molar-refractivity contribution in [2.24, 2.45) is 10.8 Å². The van der Waals surface area contributed by atoms with Gasteiger partial charge in [0.05, 0.1) is 103 Å². The van der Waals surface area contributed by atoms with Gasteiger partial charge in [0, 0.05) is 0 Å². The number of hydrogen-bond acceptors (Lipinski definition) is 9. The van der Waals surface area contributed by atoms with Gasteiger partial charge in [-0.15, -0.1) is 32.9 Å². The van der Waals surface area contributed by atoms with E-state index in [0.717, 1.165) is 6.26 Å². The van der Waals surface area contributed by atoms with Gasteiger partial charge in [0.25, 0.3) is 10.1 Å². The summed E-state index contributed by atoms with van der Waals surface area (Å²) in [7, 11) is -3.71. The largest absolute Gasteiger partial charge is 0.380 e. The molecule has 0 aromatic heterocycles. The van der Waals surface area contributed by atoms with Crippen LogP contribution in [0, 0.1) is 10.8 Å². The highest BCUT2D eigenvalue weighted by Crippen LogP contribution is 2.26. The summed E-state index contributed by atoms with van der Waals surface area (Å²) >= 11 is 0. The number of hydrogen-bond donors (Lipinski definition) is 0. The number of rotatable bonds is 27. The molecule has 0 aromatic rings. The monoisotopic (exact) mass is 532 g/mol. The van der Waals surface area contributed by atoms with Gasteiger partial charge < -0.3 is 28.4 Å². The van der Waals surface area contributed by atoms with Gasteiger partial charge in [0.15, 0.2) is 0 Å². The highest BCUT2D eigenvalue weighted by atomic mass is 32.2. The molecule has 0 aromatic carbocycles. The minimum absolute atomic E-state index is 0.0724. The molecule has 0 radical (unpaired) electrons. The summed E-state index contributed by atoms with van der Waals surface area (Å²) < 4.78 is 63.5. The first kappa shape index (κ1) is 34.4. The molecule has 36 heavy (non-hydrogen) atoms. The van der Waals surface area contributed by atoms with E-state index in [-0.39, 0.29) is 66.1 Å². The Kier molecular flexibility index (Phi) is 19.5. The predicted molar refractivity (Wildman–Crippen MR) is 142 cm³/mol. The first-order valence-corrected chi connectivity index (χ1v) is 13.4. The fraction of sp³-hybridized carbons (Fsp3) is 0.615. The van der Waals surface area contributed by atoms with E-state index in [4.69, 9.17) is 32.6 Å². The van der Waals surface area contributed by atoms with Gasteiger partial charge in [0.2, 0.25) is 0 Å². The average Bonchev–Trinajstić information content (AvgIpc) is 2.83. The Morgan fingerprint density at radius 3 is 1.00 bits per heavy atom. The summed E-state index contributed by atoms with van der Waals surface area (Å²) in [5.41, 5.74) is -1.59. The molecule has 0 heterocycles. The van der Waals surface area contributed by atoms with Crippen LogP contribution < -0.4 is 0 Å². The SMILES string of the molecule is C=CCOCC(COCC=C)(COCC=C)COCC(COCC=C)(COCC=C)COS(C)(=O)=O. The van der Waals surface area contributed by atoms with Crippen LogP contribution in [0.4, 0.5) is 0 Å². The van der Waals surface area contributed by atoms with Crippen LogP contribution in [-0.2, 0) is 42.7 Å². The summed E-state index contributed by atoms with van der Waals surface area (Å²) in [5, 5.41) is 0. The molecule has 0 fully saturated rings. The van der Waals surface area contributed by atoms with Crippen LogP contribution in [0.2, 0.25) is 0 Å². The van der Waals surface area contributed by atoms with Gasteiger partial charge in [0.1, 0.15) is 0 Å². The fourth-order valence-electron chi connectivity index (χ4n) is 3.01. The zero-order valence-corrected chi connectivity index (χ0v) is 22.5. The second-order valence-corrected chi connectivity index (χ2v) is 10.1. The Balaban J connectivity index is 5.76. The number of ether oxygens (including phenoxy) is 6. The maximum absolute atomic E-state index is 11.8. The van der Waals surface area contributed by atoms with Crippen LogP contribution in [0.15, 0.2) is 63.3 Å². The summed E-state index contributed by atoms with van der Waals surface area (Å²) in [6.45, 7) is 21.1. The second kappa shape index (κ2) is 20.4. The molecular weight excluding hydrogens is 488 g/mol. The molecule has 208 valence electrons. The Morgan fingerprint density at radius 2 is 0.750 bits per heavy atom. The molecule has 0 saturated carbocycles. The lowest BCUT2D eigenvalue weighted by molar-refractivity contribution is -0.128. The molecule has 0 aliphatic heterocycles. The zero-order valence-electron chi connectivity index (χ0n) is 21.7. The Hall–Kier alpha value is -1.63. The fourth-order valence-corrected chi connectivity index (χ4v) is 3.47. The predicted octanol–water partition coefficient (Wildman–Crippen LogP) is 2.97. The third-order valence-electron chi connectivity index (χ3n) is 4.62. The van der Waals surface area contributed by atoms with Crippen LogP contribution in [0.1, 0.15) is 0 Å². The average molecular weight is 533 g/mol. The third kappa shape index (κ3) is 16.9. The summed E-state index contributed by atoms with van der Waals surface area (Å²) in [4.78, 5) is 0. The third-order valence-corrected chi connectivity index (χ3v) is 5.16. The molecule has 9 nitrogen and oxygen atoms in total. The van der Waals surface area contributed by atoms with Gasteiger partial charge in [-0.1, -0.05) is 30.4 Å². The molecule has 0 unspecified atom stereocenters. The van der Waals surface area contributed by atoms with Crippen LogP contribution in [0.5, 0.6) is 0 Å². The van der Waals surface area contributed by atoms with Gasteiger partial charge in [-0.25, -0.2) is 0 Å². The van der Waals surface area contributed by atoms with E-state index in [1.807, 2.05) is 0 Å². The lowest BCUT2D eigenvalue weighted by Crippen LogP contribution is -2.46. The van der Waals surface area contributed by atoms with Crippen LogP contribution >= 0.6 is 0 Å². The van der Waals surface area contributed by atoms with Crippen molar-refractivity contribution in [3.63, 3.8) is 0 Å². The molecule has 0 spiro atoms. The maximum Gasteiger partial charge on any atom is 0.264 e. The van der Waals surface area contributed by atoms with E-state index in [9.17, 15) is 8.42 Å². The van der Waals surface area contributed by atoms with Gasteiger partial charge in [-0.3, -0.25) is 4.18 Å². The van der Waals surface area contributed by atoms with Crippen molar-refractivity contribution in [2.75, 3.05) is 92.1 Å². The lowest BCUT2D eigenvalue weighted by atomic mass is 9.90. The van der Waals surface area contributed by atoms with E-state index in [1.165, 1.54) is 0 Å². The van der Waals surface area contributed by atoms with Gasteiger partial charge >= 0.3 is 0 Å². The van der Waals surface area contributed by atoms with Crippen molar-refractivity contribution in [2.45, 2.75) is 0 Å². The zero-order chi connectivity index (χ0) is 27.2. The van der Waals surface area contributed by atoms with Crippen LogP contribution in [0.25, 0.3) is 0 Å². The molecule has 10 heteroatoms. The molecule has 0 aliphatic rings. The molecule has 0 N–H and O–H groups in total. The normalized spacial score (nSPS) is 12.2. The standard InChI is InChI=1S/C26H44O9S/c1-7-12-29-17-25(18-30-13-8-2,19-31-14-9-3)22-34-23-26(20-32-15-10-4,21-33-16-11-5)24-35-36(6,27)28/h7-11H,1-5,12-24H2,6H3. The van der Waals surface area contributed by atoms with Gasteiger partial charge in [-0.05, 0) is 0 Å². The summed E-state index contributed by atoms with van der Waals surface area (Å²) in [5.74, 6) is 0. The first-order chi connectivity index (χ1) is 17.2. The highest BCUT2D eigenvalue weighted by molar-refractivity contribution is 7.85. The minimum Gasteiger partial charge on any atom is -0.380 e. The Labute approximate surface area is 217 Å². The van der Waals surface area contributed by atoms with Crippen LogP contribution in [0.3, 0.4) is 0 Å². The van der Waals surface area contributed by atoms with Crippen LogP contribution in [-0.4, -0.2) is 101 Å². The molecular formula is C26H44O9S. The summed E-state index contributed by atoms with van der Waals surface area (Å²) in [6, 6.07) is 0. The first-order valence-electron chi connectivity index (χ1n) is 11.6. The smallest absolute Gasteiger partial charge is 0.264 e. The molecule has 0 saturated heterocycles. The van der Waals surface area contributed by atoms with E-state index in [0.29, 0.717) is 19.8 Å². The van der Waals surface area contributed by atoms with Crippen molar-refractivity contribution in [3.8, 4) is 0 Å². The van der Waals surface area contributed by atoms with E-state index in [1.54, 1.807) is 30.4 Å².